The molecule has 1 fully saturated rings. The molecule has 120 valence electrons. The number of phenolic OH excluding ortho intramolecular Hbond substituents is 1. The van der Waals surface area contributed by atoms with Gasteiger partial charge < -0.3 is 14.7 Å². The van der Waals surface area contributed by atoms with Crippen molar-refractivity contribution in [3.63, 3.8) is 0 Å². The van der Waals surface area contributed by atoms with Crippen LogP contribution in [-0.2, 0) is 0 Å². The lowest BCUT2D eigenvalue weighted by molar-refractivity contribution is 0.0793. The summed E-state index contributed by atoms with van der Waals surface area (Å²) in [4.78, 5) is 14.7. The molecule has 0 aliphatic carbocycles. The average molecular weight is 311 g/mol. The van der Waals surface area contributed by atoms with Crippen molar-refractivity contribution in [1.82, 2.24) is 4.90 Å². The van der Waals surface area contributed by atoms with Crippen molar-refractivity contribution in [2.75, 3.05) is 20.2 Å². The molecule has 0 saturated carbocycles. The molecule has 1 amide bonds. The molecule has 0 atom stereocenters. The van der Waals surface area contributed by atoms with E-state index in [1.54, 1.807) is 19.2 Å². The van der Waals surface area contributed by atoms with Gasteiger partial charge in [-0.25, -0.2) is 0 Å². The maximum atomic E-state index is 12.8. The Hall–Kier alpha value is -2.49. The highest BCUT2D eigenvalue weighted by molar-refractivity contribution is 6.02. The van der Waals surface area contributed by atoms with E-state index in [0.717, 1.165) is 48.4 Å². The SMILES string of the molecule is COc1ccc(-c2c(C(=O)N3CCCC3)ccc(O)c2C)cc1. The van der Waals surface area contributed by atoms with Gasteiger partial charge in [0.25, 0.3) is 5.91 Å². The lowest BCUT2D eigenvalue weighted by Crippen LogP contribution is -2.28. The molecular weight excluding hydrogens is 290 g/mol. The van der Waals surface area contributed by atoms with E-state index in [9.17, 15) is 9.90 Å². The van der Waals surface area contributed by atoms with Crippen LogP contribution in [-0.4, -0.2) is 36.1 Å². The molecule has 2 aromatic carbocycles. The van der Waals surface area contributed by atoms with Crippen LogP contribution in [0.25, 0.3) is 11.1 Å². The molecule has 0 unspecified atom stereocenters. The fourth-order valence-electron chi connectivity index (χ4n) is 3.10. The first-order valence-corrected chi connectivity index (χ1v) is 7.88. The van der Waals surface area contributed by atoms with Gasteiger partial charge >= 0.3 is 0 Å². The summed E-state index contributed by atoms with van der Waals surface area (Å²) in [6.45, 7) is 3.46. The van der Waals surface area contributed by atoms with E-state index in [1.165, 1.54) is 0 Å². The third-order valence-corrected chi connectivity index (χ3v) is 4.44. The molecule has 1 N–H and O–H groups in total. The van der Waals surface area contributed by atoms with Gasteiger partial charge in [0.15, 0.2) is 0 Å². The molecule has 1 saturated heterocycles. The van der Waals surface area contributed by atoms with E-state index < -0.39 is 0 Å². The first-order valence-electron chi connectivity index (χ1n) is 7.88. The smallest absolute Gasteiger partial charge is 0.254 e. The van der Waals surface area contributed by atoms with Gasteiger partial charge in [-0.2, -0.15) is 0 Å². The largest absolute Gasteiger partial charge is 0.508 e. The second-order valence-electron chi connectivity index (χ2n) is 5.86. The van der Waals surface area contributed by atoms with Crippen LogP contribution in [0.5, 0.6) is 11.5 Å². The lowest BCUT2D eigenvalue weighted by Gasteiger charge is -2.20. The number of carbonyl (C=O) groups is 1. The molecule has 4 heteroatoms. The van der Waals surface area contributed by atoms with Gasteiger partial charge in [-0.15, -0.1) is 0 Å². The first-order chi connectivity index (χ1) is 11.1. The summed E-state index contributed by atoms with van der Waals surface area (Å²) in [5.41, 5.74) is 3.07. The van der Waals surface area contributed by atoms with E-state index >= 15 is 0 Å². The van der Waals surface area contributed by atoms with Crippen LogP contribution in [0.4, 0.5) is 0 Å². The van der Waals surface area contributed by atoms with E-state index in [-0.39, 0.29) is 11.7 Å². The summed E-state index contributed by atoms with van der Waals surface area (Å²) in [7, 11) is 1.62. The van der Waals surface area contributed by atoms with Crippen LogP contribution < -0.4 is 4.74 Å². The van der Waals surface area contributed by atoms with Crippen LogP contribution in [0.3, 0.4) is 0 Å². The Kier molecular flexibility index (Phi) is 4.24. The van der Waals surface area contributed by atoms with Gasteiger partial charge in [-0.05, 0) is 55.2 Å². The second kappa shape index (κ2) is 6.32. The third-order valence-electron chi connectivity index (χ3n) is 4.44. The van der Waals surface area contributed by atoms with Crippen molar-refractivity contribution in [3.8, 4) is 22.6 Å². The first kappa shape index (κ1) is 15.4. The fraction of sp³-hybridized carbons (Fsp3) is 0.316. The van der Waals surface area contributed by atoms with E-state index in [1.807, 2.05) is 36.1 Å². The second-order valence-corrected chi connectivity index (χ2v) is 5.86. The summed E-state index contributed by atoms with van der Waals surface area (Å²) < 4.78 is 5.19. The number of ether oxygens (including phenoxy) is 1. The van der Waals surface area contributed by atoms with Crippen molar-refractivity contribution in [1.29, 1.82) is 0 Å². The minimum atomic E-state index is 0.0384. The Morgan fingerprint density at radius 1 is 1.09 bits per heavy atom. The molecule has 0 radical (unpaired) electrons. The summed E-state index contributed by atoms with van der Waals surface area (Å²) in [6.07, 6.45) is 2.11. The highest BCUT2D eigenvalue weighted by Gasteiger charge is 2.24. The van der Waals surface area contributed by atoms with Gasteiger partial charge in [0.05, 0.1) is 7.11 Å². The molecule has 0 spiro atoms. The summed E-state index contributed by atoms with van der Waals surface area (Å²) in [5.74, 6) is 1.00. The number of hydrogen-bond donors (Lipinski definition) is 1. The number of phenols is 1. The predicted octanol–water partition coefficient (Wildman–Crippen LogP) is 3.61. The van der Waals surface area contributed by atoms with Crippen molar-refractivity contribution < 1.29 is 14.6 Å². The minimum Gasteiger partial charge on any atom is -0.508 e. The Labute approximate surface area is 136 Å². The molecule has 23 heavy (non-hydrogen) atoms. The fourth-order valence-corrected chi connectivity index (χ4v) is 3.10. The van der Waals surface area contributed by atoms with Gasteiger partial charge in [-0.3, -0.25) is 4.79 Å². The number of aromatic hydroxyl groups is 1. The van der Waals surface area contributed by atoms with Crippen molar-refractivity contribution >= 4 is 5.91 Å². The van der Waals surface area contributed by atoms with Gasteiger partial charge in [0.1, 0.15) is 11.5 Å². The van der Waals surface area contributed by atoms with E-state index in [4.69, 9.17) is 4.74 Å². The Bertz CT molecular complexity index is 716. The van der Waals surface area contributed by atoms with Crippen LogP contribution in [0, 0.1) is 6.92 Å². The number of nitrogens with zero attached hydrogens (tertiary/aromatic N) is 1. The highest BCUT2D eigenvalue weighted by Crippen LogP contribution is 2.34. The molecule has 0 aromatic heterocycles. The number of carbonyl (C=O) groups excluding carboxylic acids is 1. The average Bonchev–Trinajstić information content (AvgIpc) is 3.11. The zero-order valence-corrected chi connectivity index (χ0v) is 13.5. The monoisotopic (exact) mass is 311 g/mol. The van der Waals surface area contributed by atoms with Crippen LogP contribution in [0.2, 0.25) is 0 Å². The number of likely N-dealkylation sites (tertiary alicyclic amines) is 1. The quantitative estimate of drug-likeness (QED) is 0.942. The molecule has 4 nitrogen and oxygen atoms in total. The van der Waals surface area contributed by atoms with E-state index in [2.05, 4.69) is 0 Å². The number of rotatable bonds is 3. The molecule has 1 heterocycles. The third kappa shape index (κ3) is 2.89. The number of benzene rings is 2. The van der Waals surface area contributed by atoms with Crippen molar-refractivity contribution in [2.24, 2.45) is 0 Å². The Morgan fingerprint density at radius 3 is 2.35 bits per heavy atom. The minimum absolute atomic E-state index is 0.0384. The number of methoxy groups -OCH3 is 1. The van der Waals surface area contributed by atoms with E-state index in [0.29, 0.717) is 5.56 Å². The van der Waals surface area contributed by atoms with Crippen molar-refractivity contribution in [2.45, 2.75) is 19.8 Å². The standard InChI is InChI=1S/C19H21NO3/c1-13-17(21)10-9-16(19(22)20-11-3-4-12-20)18(13)14-5-7-15(23-2)8-6-14/h5-10,21H,3-4,11-12H2,1-2H3. The molecule has 1 aliphatic rings. The number of hydrogen-bond acceptors (Lipinski definition) is 3. The normalized spacial score (nSPS) is 14.1. The van der Waals surface area contributed by atoms with Crippen molar-refractivity contribution in [3.05, 3.63) is 47.5 Å². The lowest BCUT2D eigenvalue weighted by atomic mass is 9.93. The molecule has 0 bridgehead atoms. The predicted molar refractivity (Wildman–Crippen MR) is 90.0 cm³/mol. The molecule has 1 aliphatic heterocycles. The van der Waals surface area contributed by atoms with Crippen LogP contribution >= 0.6 is 0 Å². The zero-order chi connectivity index (χ0) is 16.4. The summed E-state index contributed by atoms with van der Waals surface area (Å²) in [6, 6.07) is 10.9. The topological polar surface area (TPSA) is 49.8 Å². The molecular formula is C19H21NO3. The molecule has 2 aromatic rings. The zero-order valence-electron chi connectivity index (χ0n) is 13.5. The number of amides is 1. The summed E-state index contributed by atoms with van der Waals surface area (Å²) >= 11 is 0. The maximum absolute atomic E-state index is 12.8. The van der Waals surface area contributed by atoms with Crippen LogP contribution in [0.15, 0.2) is 36.4 Å². The van der Waals surface area contributed by atoms with Gasteiger partial charge in [-0.1, -0.05) is 12.1 Å². The highest BCUT2D eigenvalue weighted by atomic mass is 16.5. The van der Waals surface area contributed by atoms with Gasteiger partial charge in [0.2, 0.25) is 0 Å². The summed E-state index contributed by atoms with van der Waals surface area (Å²) in [5, 5.41) is 10.1. The Morgan fingerprint density at radius 2 is 1.74 bits per heavy atom. The Balaban J connectivity index is 2.09. The van der Waals surface area contributed by atoms with Crippen LogP contribution in [0.1, 0.15) is 28.8 Å². The van der Waals surface area contributed by atoms with Gasteiger partial charge in [0, 0.05) is 24.2 Å². The molecule has 3 rings (SSSR count). The maximum Gasteiger partial charge on any atom is 0.254 e.